The summed E-state index contributed by atoms with van der Waals surface area (Å²) in [5.74, 6) is 1.40. The van der Waals surface area contributed by atoms with Crippen molar-refractivity contribution in [2.24, 2.45) is 5.10 Å². The molecule has 0 aliphatic rings. The van der Waals surface area contributed by atoms with Crippen molar-refractivity contribution in [2.45, 2.75) is 20.3 Å². The molecule has 28 heavy (non-hydrogen) atoms. The second-order valence-corrected chi connectivity index (χ2v) is 7.42. The molecule has 0 unspecified atom stereocenters. The van der Waals surface area contributed by atoms with Crippen molar-refractivity contribution in [2.75, 3.05) is 20.3 Å². The zero-order chi connectivity index (χ0) is 20.5. The minimum absolute atomic E-state index is 0.358. The number of hydrazone groups is 1. The topological polar surface area (TPSA) is 69.2 Å². The zero-order valence-electron chi connectivity index (χ0n) is 15.9. The van der Waals surface area contributed by atoms with Gasteiger partial charge in [0.2, 0.25) is 0 Å². The second-order valence-electron chi connectivity index (χ2n) is 5.65. The van der Waals surface area contributed by atoms with E-state index in [2.05, 4.69) is 42.4 Å². The van der Waals surface area contributed by atoms with E-state index in [-0.39, 0.29) is 5.91 Å². The summed E-state index contributed by atoms with van der Waals surface area (Å²) in [6.45, 7) is 5.02. The Morgan fingerprint density at radius 3 is 2.61 bits per heavy atom. The maximum absolute atomic E-state index is 12.4. The number of benzene rings is 2. The molecule has 0 aromatic heterocycles. The molecule has 1 amide bonds. The molecule has 0 fully saturated rings. The Morgan fingerprint density at radius 2 is 1.93 bits per heavy atom. The minimum atomic E-state index is -0.358. The molecular formula is C20H22Br2N2O4. The van der Waals surface area contributed by atoms with Crippen LogP contribution in [0, 0.1) is 0 Å². The first-order chi connectivity index (χ1) is 13.5. The predicted octanol–water partition coefficient (Wildman–Crippen LogP) is 5.17. The SMILES string of the molecule is CCCOc1ccc(C(=O)N/N=C/c2cc(Br)cc(Br)c2OCC)cc1OC. The summed E-state index contributed by atoms with van der Waals surface area (Å²) in [5, 5.41) is 4.05. The summed E-state index contributed by atoms with van der Waals surface area (Å²) < 4.78 is 18.2. The van der Waals surface area contributed by atoms with Crippen molar-refractivity contribution in [1.82, 2.24) is 5.43 Å². The van der Waals surface area contributed by atoms with Gasteiger partial charge in [-0.15, -0.1) is 0 Å². The molecule has 0 aliphatic carbocycles. The molecule has 150 valence electrons. The van der Waals surface area contributed by atoms with E-state index in [1.807, 2.05) is 26.0 Å². The number of ether oxygens (including phenoxy) is 3. The Balaban J connectivity index is 2.14. The molecule has 2 rings (SSSR count). The average molecular weight is 514 g/mol. The maximum atomic E-state index is 12.4. The average Bonchev–Trinajstić information content (AvgIpc) is 2.68. The van der Waals surface area contributed by atoms with Gasteiger partial charge >= 0.3 is 0 Å². The van der Waals surface area contributed by atoms with Crippen molar-refractivity contribution >= 4 is 44.0 Å². The summed E-state index contributed by atoms with van der Waals surface area (Å²) in [6.07, 6.45) is 2.42. The van der Waals surface area contributed by atoms with Crippen molar-refractivity contribution in [1.29, 1.82) is 0 Å². The van der Waals surface area contributed by atoms with Crippen LogP contribution in [0.15, 0.2) is 44.4 Å². The highest BCUT2D eigenvalue weighted by Crippen LogP contribution is 2.32. The first-order valence-corrected chi connectivity index (χ1v) is 10.3. The highest BCUT2D eigenvalue weighted by atomic mass is 79.9. The van der Waals surface area contributed by atoms with E-state index in [1.54, 1.807) is 18.2 Å². The third-order valence-electron chi connectivity index (χ3n) is 3.58. The molecule has 0 aliphatic heterocycles. The molecule has 0 radical (unpaired) electrons. The normalized spacial score (nSPS) is 10.8. The number of halogens is 2. The summed E-state index contributed by atoms with van der Waals surface area (Å²) in [5.41, 5.74) is 3.66. The minimum Gasteiger partial charge on any atom is -0.493 e. The number of hydrogen-bond acceptors (Lipinski definition) is 5. The van der Waals surface area contributed by atoms with E-state index in [1.165, 1.54) is 13.3 Å². The van der Waals surface area contributed by atoms with Gasteiger partial charge in [0, 0.05) is 15.6 Å². The van der Waals surface area contributed by atoms with Gasteiger partial charge in [-0.05, 0) is 59.6 Å². The quantitative estimate of drug-likeness (QED) is 0.371. The number of nitrogens with zero attached hydrogens (tertiary/aromatic N) is 1. The van der Waals surface area contributed by atoms with E-state index in [0.717, 1.165) is 20.9 Å². The van der Waals surface area contributed by atoms with E-state index >= 15 is 0 Å². The molecule has 0 atom stereocenters. The number of amides is 1. The van der Waals surface area contributed by atoms with E-state index in [4.69, 9.17) is 14.2 Å². The highest BCUT2D eigenvalue weighted by molar-refractivity contribution is 9.11. The van der Waals surface area contributed by atoms with Crippen molar-refractivity contribution in [3.05, 3.63) is 50.4 Å². The third kappa shape index (κ3) is 5.97. The fourth-order valence-corrected chi connectivity index (χ4v) is 3.71. The number of methoxy groups -OCH3 is 1. The van der Waals surface area contributed by atoms with Crippen molar-refractivity contribution < 1.29 is 19.0 Å². The summed E-state index contributed by atoms with van der Waals surface area (Å²) in [4.78, 5) is 12.4. The maximum Gasteiger partial charge on any atom is 0.271 e. The molecule has 0 spiro atoms. The van der Waals surface area contributed by atoms with Gasteiger partial charge < -0.3 is 14.2 Å². The van der Waals surface area contributed by atoms with Crippen LogP contribution in [0.1, 0.15) is 36.2 Å². The van der Waals surface area contributed by atoms with Crippen LogP contribution in [0.25, 0.3) is 0 Å². The molecule has 0 heterocycles. The van der Waals surface area contributed by atoms with Crippen LogP contribution in [-0.4, -0.2) is 32.4 Å². The predicted molar refractivity (Wildman–Crippen MR) is 117 cm³/mol. The van der Waals surface area contributed by atoms with Crippen LogP contribution in [-0.2, 0) is 0 Å². The second kappa shape index (κ2) is 11.1. The Bertz CT molecular complexity index is 856. The zero-order valence-corrected chi connectivity index (χ0v) is 19.1. The lowest BCUT2D eigenvalue weighted by Gasteiger charge is -2.11. The molecule has 2 aromatic carbocycles. The molecule has 2 aromatic rings. The summed E-state index contributed by atoms with van der Waals surface area (Å²) in [6, 6.07) is 8.74. The molecule has 0 saturated heterocycles. The van der Waals surface area contributed by atoms with Gasteiger partial charge in [0.25, 0.3) is 5.91 Å². The van der Waals surface area contributed by atoms with Crippen LogP contribution in [0.5, 0.6) is 17.2 Å². The monoisotopic (exact) mass is 512 g/mol. The number of carbonyl (C=O) groups excluding carboxylic acids is 1. The smallest absolute Gasteiger partial charge is 0.271 e. The van der Waals surface area contributed by atoms with Gasteiger partial charge in [-0.3, -0.25) is 4.79 Å². The Morgan fingerprint density at radius 1 is 1.14 bits per heavy atom. The number of carbonyl (C=O) groups is 1. The molecule has 8 heteroatoms. The highest BCUT2D eigenvalue weighted by Gasteiger charge is 2.12. The Kier molecular flexibility index (Phi) is 8.79. The largest absolute Gasteiger partial charge is 0.493 e. The van der Waals surface area contributed by atoms with Gasteiger partial charge in [0.15, 0.2) is 11.5 Å². The molecule has 1 N–H and O–H groups in total. The van der Waals surface area contributed by atoms with Crippen LogP contribution in [0.3, 0.4) is 0 Å². The van der Waals surface area contributed by atoms with Gasteiger partial charge in [-0.25, -0.2) is 5.43 Å². The number of hydrogen-bond donors (Lipinski definition) is 1. The Hall–Kier alpha value is -2.06. The molecular weight excluding hydrogens is 492 g/mol. The fourth-order valence-electron chi connectivity index (χ4n) is 2.34. The van der Waals surface area contributed by atoms with Gasteiger partial charge in [-0.2, -0.15) is 5.10 Å². The van der Waals surface area contributed by atoms with E-state index in [0.29, 0.717) is 36.0 Å². The van der Waals surface area contributed by atoms with Gasteiger partial charge in [0.1, 0.15) is 5.75 Å². The number of rotatable bonds is 9. The standard InChI is InChI=1S/C20H22Br2N2O4/c1-4-8-28-17-7-6-13(10-18(17)26-3)20(25)24-23-12-14-9-15(21)11-16(22)19(14)27-5-2/h6-7,9-12H,4-5,8H2,1-3H3,(H,24,25)/b23-12+. The van der Waals surface area contributed by atoms with Crippen LogP contribution < -0.4 is 19.6 Å². The molecule has 6 nitrogen and oxygen atoms in total. The van der Waals surface area contributed by atoms with Crippen molar-refractivity contribution in [3.63, 3.8) is 0 Å². The van der Waals surface area contributed by atoms with Gasteiger partial charge in [-0.1, -0.05) is 22.9 Å². The van der Waals surface area contributed by atoms with Crippen molar-refractivity contribution in [3.8, 4) is 17.2 Å². The first-order valence-electron chi connectivity index (χ1n) is 8.76. The molecule has 0 bridgehead atoms. The summed E-state index contributed by atoms with van der Waals surface area (Å²) in [7, 11) is 1.54. The lowest BCUT2D eigenvalue weighted by molar-refractivity contribution is 0.0954. The van der Waals surface area contributed by atoms with Gasteiger partial charge in [0.05, 0.1) is 31.0 Å². The van der Waals surface area contributed by atoms with E-state index in [9.17, 15) is 4.79 Å². The first kappa shape index (κ1) is 22.2. The number of nitrogens with one attached hydrogen (secondary N) is 1. The summed E-state index contributed by atoms with van der Waals surface area (Å²) >= 11 is 6.90. The lowest BCUT2D eigenvalue weighted by Crippen LogP contribution is -2.17. The lowest BCUT2D eigenvalue weighted by atomic mass is 10.2. The van der Waals surface area contributed by atoms with Crippen LogP contribution in [0.2, 0.25) is 0 Å². The molecule has 0 saturated carbocycles. The third-order valence-corrected chi connectivity index (χ3v) is 4.63. The van der Waals surface area contributed by atoms with Crippen LogP contribution >= 0.6 is 31.9 Å². The Labute approximate surface area is 181 Å². The fraction of sp³-hybridized carbons (Fsp3) is 0.300. The van der Waals surface area contributed by atoms with Crippen LogP contribution in [0.4, 0.5) is 0 Å². The van der Waals surface area contributed by atoms with E-state index < -0.39 is 0 Å².